The lowest BCUT2D eigenvalue weighted by Gasteiger charge is -2.12. The second-order valence-electron chi connectivity index (χ2n) is 5.59. The van der Waals surface area contributed by atoms with Gasteiger partial charge in [-0.05, 0) is 24.3 Å². The highest BCUT2D eigenvalue weighted by atomic mass is 16.5. The Morgan fingerprint density at radius 2 is 2.00 bits per heavy atom. The van der Waals surface area contributed by atoms with Crippen molar-refractivity contribution in [3.05, 3.63) is 48.3 Å². The maximum Gasteiger partial charge on any atom is 0.161 e. The van der Waals surface area contributed by atoms with Crippen LogP contribution in [-0.2, 0) is 4.74 Å². The standard InChI is InChI=1S/C20H19N3O4/c1-2-14-4-3-5-15(10-14)23-20-16-11-19(27-9-8-26-7-6-24)18(25)12-17(16)21-13-22-20/h1,3-5,10-13,24-25H,6-9H2,(H,21,22,23). The Bertz CT molecular complexity index is 969. The van der Waals surface area contributed by atoms with Gasteiger partial charge in [-0.2, -0.15) is 0 Å². The molecule has 2 aromatic carbocycles. The van der Waals surface area contributed by atoms with Gasteiger partial charge in [-0.25, -0.2) is 9.97 Å². The number of phenols is 1. The SMILES string of the molecule is C#Cc1cccc(Nc2ncnc3cc(O)c(OCCOCCO)cc23)c1. The highest BCUT2D eigenvalue weighted by molar-refractivity contribution is 5.93. The third-order valence-corrected chi connectivity index (χ3v) is 3.73. The molecule has 3 N–H and O–H groups in total. The van der Waals surface area contributed by atoms with Gasteiger partial charge in [0.2, 0.25) is 0 Å². The van der Waals surface area contributed by atoms with Gasteiger partial charge < -0.3 is 25.0 Å². The molecule has 138 valence electrons. The molecule has 0 unspecified atom stereocenters. The number of aliphatic hydroxyl groups excluding tert-OH is 1. The van der Waals surface area contributed by atoms with E-state index in [1.807, 2.05) is 24.3 Å². The van der Waals surface area contributed by atoms with E-state index in [1.165, 1.54) is 12.4 Å². The van der Waals surface area contributed by atoms with Crippen LogP contribution in [-0.4, -0.2) is 46.6 Å². The van der Waals surface area contributed by atoms with Gasteiger partial charge in [-0.15, -0.1) is 6.42 Å². The van der Waals surface area contributed by atoms with Gasteiger partial charge in [0, 0.05) is 22.7 Å². The van der Waals surface area contributed by atoms with Crippen molar-refractivity contribution in [2.75, 3.05) is 31.7 Å². The van der Waals surface area contributed by atoms with Crippen LogP contribution in [0.25, 0.3) is 10.9 Å². The first-order valence-corrected chi connectivity index (χ1v) is 8.34. The van der Waals surface area contributed by atoms with E-state index in [2.05, 4.69) is 21.2 Å². The summed E-state index contributed by atoms with van der Waals surface area (Å²) < 4.78 is 10.7. The van der Waals surface area contributed by atoms with Gasteiger partial charge in [0.15, 0.2) is 11.5 Å². The molecule has 0 fully saturated rings. The van der Waals surface area contributed by atoms with Crippen molar-refractivity contribution in [2.24, 2.45) is 0 Å². The van der Waals surface area contributed by atoms with Crippen molar-refractivity contribution in [1.82, 2.24) is 9.97 Å². The van der Waals surface area contributed by atoms with E-state index >= 15 is 0 Å². The number of aliphatic hydroxyl groups is 1. The molecule has 7 heteroatoms. The molecule has 0 saturated carbocycles. The molecular weight excluding hydrogens is 346 g/mol. The van der Waals surface area contributed by atoms with Crippen LogP contribution >= 0.6 is 0 Å². The zero-order valence-corrected chi connectivity index (χ0v) is 14.6. The third-order valence-electron chi connectivity index (χ3n) is 3.73. The molecule has 0 radical (unpaired) electrons. The lowest BCUT2D eigenvalue weighted by molar-refractivity contribution is 0.0699. The predicted molar refractivity (Wildman–Crippen MR) is 102 cm³/mol. The normalized spacial score (nSPS) is 10.5. The van der Waals surface area contributed by atoms with Crippen LogP contribution in [0.1, 0.15) is 5.56 Å². The molecule has 0 aliphatic heterocycles. The van der Waals surface area contributed by atoms with Crippen molar-refractivity contribution in [2.45, 2.75) is 0 Å². The van der Waals surface area contributed by atoms with Crippen molar-refractivity contribution in [3.63, 3.8) is 0 Å². The largest absolute Gasteiger partial charge is 0.504 e. The van der Waals surface area contributed by atoms with E-state index in [9.17, 15) is 5.11 Å². The highest BCUT2D eigenvalue weighted by Crippen LogP contribution is 2.34. The van der Waals surface area contributed by atoms with Crippen LogP contribution in [0.2, 0.25) is 0 Å². The first-order valence-electron chi connectivity index (χ1n) is 8.34. The summed E-state index contributed by atoms with van der Waals surface area (Å²) in [5.41, 5.74) is 2.11. The topological polar surface area (TPSA) is 96.7 Å². The number of fused-ring (bicyclic) bond motifs is 1. The highest BCUT2D eigenvalue weighted by Gasteiger charge is 2.11. The fraction of sp³-hybridized carbons (Fsp3) is 0.200. The van der Waals surface area contributed by atoms with E-state index in [0.29, 0.717) is 29.1 Å². The summed E-state index contributed by atoms with van der Waals surface area (Å²) in [6.07, 6.45) is 6.86. The summed E-state index contributed by atoms with van der Waals surface area (Å²) in [5, 5.41) is 22.7. The number of nitrogens with zero attached hydrogens (tertiary/aromatic N) is 2. The monoisotopic (exact) mass is 365 g/mol. The number of nitrogens with one attached hydrogen (secondary N) is 1. The molecule has 0 aliphatic carbocycles. The Morgan fingerprint density at radius 1 is 1.11 bits per heavy atom. The van der Waals surface area contributed by atoms with Gasteiger partial charge >= 0.3 is 0 Å². The van der Waals surface area contributed by atoms with Crippen LogP contribution in [0.5, 0.6) is 11.5 Å². The average molecular weight is 365 g/mol. The molecule has 7 nitrogen and oxygen atoms in total. The minimum absolute atomic E-state index is 0.0244. The molecule has 1 aromatic heterocycles. The number of hydrogen-bond acceptors (Lipinski definition) is 7. The smallest absolute Gasteiger partial charge is 0.161 e. The second-order valence-corrected chi connectivity index (χ2v) is 5.59. The van der Waals surface area contributed by atoms with Crippen molar-refractivity contribution < 1.29 is 19.7 Å². The first kappa shape index (κ1) is 18.5. The van der Waals surface area contributed by atoms with Crippen LogP contribution < -0.4 is 10.1 Å². The number of phenolic OH excluding ortho intramolecular Hbond substituents is 1. The van der Waals surface area contributed by atoms with Crippen LogP contribution in [0.15, 0.2) is 42.7 Å². The maximum atomic E-state index is 10.2. The van der Waals surface area contributed by atoms with Crippen LogP contribution in [0.4, 0.5) is 11.5 Å². The molecule has 0 saturated heterocycles. The van der Waals surface area contributed by atoms with Gasteiger partial charge in [0.05, 0.1) is 25.3 Å². The summed E-state index contributed by atoms with van der Waals surface area (Å²) in [7, 11) is 0. The van der Waals surface area contributed by atoms with Gasteiger partial charge in [-0.3, -0.25) is 0 Å². The number of ether oxygens (including phenoxy) is 2. The lowest BCUT2D eigenvalue weighted by Crippen LogP contribution is -2.09. The molecule has 1 heterocycles. The Balaban J connectivity index is 1.85. The zero-order chi connectivity index (χ0) is 19.1. The molecule has 0 spiro atoms. The van der Waals surface area contributed by atoms with Crippen LogP contribution in [0, 0.1) is 12.3 Å². The molecule has 0 bridgehead atoms. The van der Waals surface area contributed by atoms with E-state index in [-0.39, 0.29) is 25.6 Å². The minimum atomic E-state index is -0.0472. The number of anilines is 2. The fourth-order valence-corrected chi connectivity index (χ4v) is 2.49. The van der Waals surface area contributed by atoms with Gasteiger partial charge in [0.1, 0.15) is 18.8 Å². The lowest BCUT2D eigenvalue weighted by atomic mass is 10.2. The maximum absolute atomic E-state index is 10.2. The molecular formula is C20H19N3O4. The third kappa shape index (κ3) is 4.64. The number of terminal acetylenes is 1. The minimum Gasteiger partial charge on any atom is -0.504 e. The van der Waals surface area contributed by atoms with Gasteiger partial charge in [0.25, 0.3) is 0 Å². The average Bonchev–Trinajstić information content (AvgIpc) is 2.68. The zero-order valence-electron chi connectivity index (χ0n) is 14.6. The number of aromatic nitrogens is 2. The molecule has 0 amide bonds. The number of hydrogen-bond donors (Lipinski definition) is 3. The van der Waals surface area contributed by atoms with E-state index in [0.717, 1.165) is 11.3 Å². The molecule has 3 rings (SSSR count). The van der Waals surface area contributed by atoms with Crippen molar-refractivity contribution >= 4 is 22.4 Å². The Kier molecular flexibility index (Phi) is 6.05. The second kappa shape index (κ2) is 8.85. The fourth-order valence-electron chi connectivity index (χ4n) is 2.49. The van der Waals surface area contributed by atoms with Gasteiger partial charge in [-0.1, -0.05) is 12.0 Å². The quantitative estimate of drug-likeness (QED) is 0.417. The summed E-state index contributed by atoms with van der Waals surface area (Å²) in [4.78, 5) is 8.47. The summed E-state index contributed by atoms with van der Waals surface area (Å²) in [6, 6.07) is 10.6. The number of aromatic hydroxyl groups is 1. The van der Waals surface area contributed by atoms with Crippen LogP contribution in [0.3, 0.4) is 0 Å². The Morgan fingerprint density at radius 3 is 2.81 bits per heavy atom. The van der Waals surface area contributed by atoms with E-state index < -0.39 is 0 Å². The molecule has 27 heavy (non-hydrogen) atoms. The van der Waals surface area contributed by atoms with Crippen molar-refractivity contribution in [3.8, 4) is 23.8 Å². The van der Waals surface area contributed by atoms with E-state index in [1.54, 1.807) is 6.07 Å². The van der Waals surface area contributed by atoms with E-state index in [4.69, 9.17) is 21.0 Å². The Labute approximate surface area is 156 Å². The number of benzene rings is 2. The summed E-state index contributed by atoms with van der Waals surface area (Å²) in [5.74, 6) is 3.43. The summed E-state index contributed by atoms with van der Waals surface area (Å²) in [6.45, 7) is 0.729. The first-order chi connectivity index (χ1) is 13.2. The Hall–Kier alpha value is -3.34. The van der Waals surface area contributed by atoms with Crippen molar-refractivity contribution in [1.29, 1.82) is 0 Å². The summed E-state index contributed by atoms with van der Waals surface area (Å²) >= 11 is 0. The molecule has 0 atom stereocenters. The molecule has 3 aromatic rings. The molecule has 0 aliphatic rings. The number of rotatable bonds is 8. The predicted octanol–water partition coefficient (Wildman–Crippen LogP) is 2.45.